The smallest absolute Gasteiger partial charge is 0.412 e. The van der Waals surface area contributed by atoms with E-state index in [1.54, 1.807) is 12.1 Å². The lowest BCUT2D eigenvalue weighted by molar-refractivity contribution is 0.0103. The Kier molecular flexibility index (Phi) is 4.61. The van der Waals surface area contributed by atoms with Crippen LogP contribution >= 0.6 is 0 Å². The van der Waals surface area contributed by atoms with Gasteiger partial charge in [0.1, 0.15) is 11.9 Å². The van der Waals surface area contributed by atoms with Crippen molar-refractivity contribution in [3.05, 3.63) is 71.7 Å². The number of rotatable bonds is 3. The third kappa shape index (κ3) is 3.43. The van der Waals surface area contributed by atoms with Gasteiger partial charge in [-0.2, -0.15) is 0 Å². The van der Waals surface area contributed by atoms with Crippen LogP contribution in [0.1, 0.15) is 18.4 Å². The van der Waals surface area contributed by atoms with E-state index in [4.69, 9.17) is 4.74 Å². The van der Waals surface area contributed by atoms with Gasteiger partial charge in [0.25, 0.3) is 0 Å². The lowest BCUT2D eigenvalue weighted by Gasteiger charge is -2.47. The van der Waals surface area contributed by atoms with Gasteiger partial charge >= 0.3 is 6.09 Å². The van der Waals surface area contributed by atoms with Crippen molar-refractivity contribution in [2.45, 2.75) is 18.9 Å². The molecular formula is C21H21FN2O2. The number of carbonyl (C=O) groups excluding carboxylic acids is 1. The van der Waals surface area contributed by atoms with Crippen LogP contribution in [0.2, 0.25) is 0 Å². The molecule has 0 aromatic heterocycles. The molecule has 26 heavy (non-hydrogen) atoms. The van der Waals surface area contributed by atoms with Crippen LogP contribution in [-0.4, -0.2) is 30.2 Å². The van der Waals surface area contributed by atoms with E-state index in [1.807, 2.05) is 42.5 Å². The van der Waals surface area contributed by atoms with Gasteiger partial charge in [-0.3, -0.25) is 5.32 Å². The molecule has 5 heteroatoms. The minimum atomic E-state index is -0.477. The Morgan fingerprint density at radius 2 is 1.77 bits per heavy atom. The minimum Gasteiger partial charge on any atom is -0.439 e. The van der Waals surface area contributed by atoms with Crippen LogP contribution in [-0.2, 0) is 4.74 Å². The molecule has 0 unspecified atom stereocenters. The van der Waals surface area contributed by atoms with E-state index < -0.39 is 6.09 Å². The van der Waals surface area contributed by atoms with Gasteiger partial charge in [-0.05, 0) is 37.1 Å². The molecule has 1 atom stereocenters. The van der Waals surface area contributed by atoms with Crippen LogP contribution in [0.3, 0.4) is 0 Å². The number of ether oxygens (including phenoxy) is 1. The number of nitrogens with zero attached hydrogens (tertiary/aromatic N) is 1. The van der Waals surface area contributed by atoms with E-state index in [1.165, 1.54) is 6.07 Å². The number of halogens is 1. The molecular weight excluding hydrogens is 331 g/mol. The Morgan fingerprint density at radius 1 is 1.08 bits per heavy atom. The number of amides is 1. The average Bonchev–Trinajstić information content (AvgIpc) is 2.67. The van der Waals surface area contributed by atoms with Gasteiger partial charge in [-0.1, -0.05) is 36.4 Å². The Bertz CT molecular complexity index is 814. The normalized spacial score (nSPS) is 23.1. The van der Waals surface area contributed by atoms with Gasteiger partial charge in [-0.25, -0.2) is 9.18 Å². The molecule has 3 fully saturated rings. The summed E-state index contributed by atoms with van der Waals surface area (Å²) in [4.78, 5) is 14.6. The predicted octanol–water partition coefficient (Wildman–Crippen LogP) is 4.51. The third-order valence-corrected chi connectivity index (χ3v) is 5.09. The number of piperidine rings is 3. The second kappa shape index (κ2) is 7.20. The lowest BCUT2D eigenvalue weighted by atomic mass is 9.82. The molecule has 5 rings (SSSR count). The van der Waals surface area contributed by atoms with E-state index in [9.17, 15) is 9.18 Å². The Labute approximate surface area is 152 Å². The number of anilines is 1. The van der Waals surface area contributed by atoms with E-state index in [-0.39, 0.29) is 17.8 Å². The molecule has 134 valence electrons. The van der Waals surface area contributed by atoms with Gasteiger partial charge < -0.3 is 9.64 Å². The summed E-state index contributed by atoms with van der Waals surface area (Å²) in [6.07, 6.45) is 2.96. The lowest BCUT2D eigenvalue weighted by Crippen LogP contribution is -2.50. The molecule has 2 bridgehead atoms. The highest BCUT2D eigenvalue weighted by Gasteiger charge is 2.40. The number of para-hydroxylation sites is 1. The maximum Gasteiger partial charge on any atom is 0.412 e. The molecule has 2 aromatic carbocycles. The van der Waals surface area contributed by atoms with Gasteiger partial charge in [0, 0.05) is 30.3 Å². The second-order valence-electron chi connectivity index (χ2n) is 6.73. The second-order valence-corrected chi connectivity index (χ2v) is 6.73. The van der Waals surface area contributed by atoms with Crippen molar-refractivity contribution in [2.24, 2.45) is 5.92 Å². The highest BCUT2D eigenvalue weighted by atomic mass is 19.1. The fraction of sp³-hybridized carbons (Fsp3) is 0.286. The van der Waals surface area contributed by atoms with Crippen LogP contribution in [0.5, 0.6) is 0 Å². The zero-order valence-corrected chi connectivity index (χ0v) is 14.4. The standard InChI is InChI=1S/C21H21FN2O2/c22-18-9-5-4-6-16(18)14-19-20(15-10-12-24(19)13-11-15)26-21(25)23-17-7-2-1-3-8-17/h1-9,14-15,20H,10-13H2,(H,23,25)/b19-14-/t20-/m0/s1. The number of hydrogen-bond donors (Lipinski definition) is 1. The first-order valence-corrected chi connectivity index (χ1v) is 8.94. The summed E-state index contributed by atoms with van der Waals surface area (Å²) in [5.41, 5.74) is 2.10. The molecule has 0 aliphatic carbocycles. The minimum absolute atomic E-state index is 0.268. The Balaban J connectivity index is 1.56. The molecule has 4 nitrogen and oxygen atoms in total. The van der Waals surface area contributed by atoms with Crippen molar-refractivity contribution < 1.29 is 13.9 Å². The summed E-state index contributed by atoms with van der Waals surface area (Å²) in [5, 5.41) is 2.76. The monoisotopic (exact) mass is 352 g/mol. The summed E-state index contributed by atoms with van der Waals surface area (Å²) in [6, 6.07) is 15.9. The summed E-state index contributed by atoms with van der Waals surface area (Å²) < 4.78 is 19.9. The molecule has 3 saturated heterocycles. The quantitative estimate of drug-likeness (QED) is 0.884. The molecule has 2 aromatic rings. The van der Waals surface area contributed by atoms with E-state index in [0.717, 1.165) is 31.6 Å². The predicted molar refractivity (Wildman–Crippen MR) is 99.0 cm³/mol. The number of nitrogens with one attached hydrogen (secondary N) is 1. The molecule has 1 amide bonds. The van der Waals surface area contributed by atoms with E-state index in [2.05, 4.69) is 10.2 Å². The van der Waals surface area contributed by atoms with Crippen LogP contribution in [0.15, 0.2) is 60.3 Å². The van der Waals surface area contributed by atoms with Crippen molar-refractivity contribution in [1.82, 2.24) is 4.90 Å². The summed E-state index contributed by atoms with van der Waals surface area (Å²) in [5.74, 6) is 0.00896. The SMILES string of the molecule is O=C(Nc1ccccc1)O[C@@H]1/C(=C/c2ccccc2F)N2CCC1CC2. The summed E-state index contributed by atoms with van der Waals surface area (Å²) in [7, 11) is 0. The van der Waals surface area contributed by atoms with Crippen molar-refractivity contribution in [3.8, 4) is 0 Å². The number of benzene rings is 2. The van der Waals surface area contributed by atoms with Gasteiger partial charge in [0.05, 0.1) is 5.70 Å². The summed E-state index contributed by atoms with van der Waals surface area (Å²) in [6.45, 7) is 1.84. The maximum absolute atomic E-state index is 14.1. The van der Waals surface area contributed by atoms with Gasteiger partial charge in [-0.15, -0.1) is 0 Å². The number of carbonyl (C=O) groups is 1. The zero-order chi connectivity index (χ0) is 17.9. The van der Waals surface area contributed by atoms with Gasteiger partial charge in [0.2, 0.25) is 0 Å². The van der Waals surface area contributed by atoms with E-state index >= 15 is 0 Å². The Hall–Kier alpha value is -2.82. The Morgan fingerprint density at radius 3 is 2.50 bits per heavy atom. The highest BCUT2D eigenvalue weighted by Crippen LogP contribution is 2.38. The van der Waals surface area contributed by atoms with Crippen LogP contribution in [0, 0.1) is 11.7 Å². The molecule has 3 aliphatic rings. The highest BCUT2D eigenvalue weighted by molar-refractivity contribution is 5.84. The van der Waals surface area contributed by atoms with Crippen LogP contribution in [0.4, 0.5) is 14.9 Å². The van der Waals surface area contributed by atoms with Crippen molar-refractivity contribution in [3.63, 3.8) is 0 Å². The van der Waals surface area contributed by atoms with Crippen molar-refractivity contribution >= 4 is 17.9 Å². The van der Waals surface area contributed by atoms with E-state index in [0.29, 0.717) is 11.3 Å². The molecule has 0 radical (unpaired) electrons. The van der Waals surface area contributed by atoms with Gasteiger partial charge in [0.15, 0.2) is 0 Å². The molecule has 0 saturated carbocycles. The first kappa shape index (κ1) is 16.6. The molecule has 3 aliphatic heterocycles. The third-order valence-electron chi connectivity index (χ3n) is 5.09. The fourth-order valence-electron chi connectivity index (χ4n) is 3.75. The number of hydrogen-bond acceptors (Lipinski definition) is 3. The average molecular weight is 352 g/mol. The number of fused-ring (bicyclic) bond motifs is 3. The van der Waals surface area contributed by atoms with Crippen molar-refractivity contribution in [1.29, 1.82) is 0 Å². The topological polar surface area (TPSA) is 41.6 Å². The first-order chi connectivity index (χ1) is 12.7. The molecule has 1 N–H and O–H groups in total. The first-order valence-electron chi connectivity index (χ1n) is 8.94. The maximum atomic E-state index is 14.1. The fourth-order valence-corrected chi connectivity index (χ4v) is 3.75. The zero-order valence-electron chi connectivity index (χ0n) is 14.4. The van der Waals surface area contributed by atoms with Crippen molar-refractivity contribution in [2.75, 3.05) is 18.4 Å². The molecule has 0 spiro atoms. The van der Waals surface area contributed by atoms with Crippen LogP contribution < -0.4 is 5.32 Å². The largest absolute Gasteiger partial charge is 0.439 e. The molecule has 3 heterocycles. The summed E-state index contributed by atoms with van der Waals surface area (Å²) >= 11 is 0. The van der Waals surface area contributed by atoms with Crippen LogP contribution in [0.25, 0.3) is 6.08 Å².